The highest BCUT2D eigenvalue weighted by atomic mass is 16.6. The van der Waals surface area contributed by atoms with Crippen LogP contribution < -0.4 is 5.73 Å². The summed E-state index contributed by atoms with van der Waals surface area (Å²) in [4.78, 5) is 13.4. The smallest absolute Gasteiger partial charge is 0.410 e. The van der Waals surface area contributed by atoms with Gasteiger partial charge in [0.15, 0.2) is 0 Å². The van der Waals surface area contributed by atoms with Crippen molar-refractivity contribution in [3.8, 4) is 0 Å². The monoisotopic (exact) mass is 227 g/mol. The largest absolute Gasteiger partial charge is 0.449 e. The van der Waals surface area contributed by atoms with E-state index in [1.807, 2.05) is 13.8 Å². The van der Waals surface area contributed by atoms with Crippen molar-refractivity contribution >= 4 is 11.9 Å². The lowest BCUT2D eigenvalue weighted by molar-refractivity contribution is 0.0904. The Kier molecular flexibility index (Phi) is 4.58. The summed E-state index contributed by atoms with van der Waals surface area (Å²) in [6.07, 6.45) is 2.23. The van der Waals surface area contributed by atoms with Crippen LogP contribution in [0.3, 0.4) is 0 Å². The topological polar surface area (TPSA) is 79.4 Å². The number of nitrogens with one attached hydrogen (secondary N) is 1. The van der Waals surface area contributed by atoms with Gasteiger partial charge in [-0.1, -0.05) is 13.8 Å². The zero-order chi connectivity index (χ0) is 12.1. The molecular formula is C11H21N3O2. The molecule has 0 bridgehead atoms. The van der Waals surface area contributed by atoms with Crippen molar-refractivity contribution in [2.24, 2.45) is 11.7 Å². The Morgan fingerprint density at radius 3 is 2.62 bits per heavy atom. The number of nitrogens with zero attached hydrogens (tertiary/aromatic N) is 1. The van der Waals surface area contributed by atoms with Gasteiger partial charge in [-0.05, 0) is 18.8 Å². The highest BCUT2D eigenvalue weighted by molar-refractivity contribution is 5.78. The highest BCUT2D eigenvalue weighted by Gasteiger charge is 2.33. The van der Waals surface area contributed by atoms with Crippen molar-refractivity contribution in [1.29, 1.82) is 5.41 Å². The molecule has 1 saturated carbocycles. The van der Waals surface area contributed by atoms with E-state index in [2.05, 4.69) is 0 Å². The lowest BCUT2D eigenvalue weighted by Crippen LogP contribution is -2.36. The standard InChI is InChI=1S/C11H21N3O2/c1-8(2)7-16-11(15)14(9-3-4-9)6-5-10(12)13/h8-9H,3-7H2,1-2H3,(H3,12,13). The summed E-state index contributed by atoms with van der Waals surface area (Å²) in [5.74, 6) is 0.458. The van der Waals surface area contributed by atoms with Crippen LogP contribution >= 0.6 is 0 Å². The molecule has 0 aromatic rings. The Morgan fingerprint density at radius 1 is 1.56 bits per heavy atom. The molecule has 5 heteroatoms. The Balaban J connectivity index is 2.36. The number of carbonyl (C=O) groups is 1. The van der Waals surface area contributed by atoms with Crippen molar-refractivity contribution in [1.82, 2.24) is 4.90 Å². The summed E-state index contributed by atoms with van der Waals surface area (Å²) in [5, 5.41) is 7.16. The highest BCUT2D eigenvalue weighted by Crippen LogP contribution is 2.27. The van der Waals surface area contributed by atoms with E-state index >= 15 is 0 Å². The van der Waals surface area contributed by atoms with Gasteiger partial charge < -0.3 is 15.4 Å². The summed E-state index contributed by atoms with van der Waals surface area (Å²) in [5.41, 5.74) is 5.29. The van der Waals surface area contributed by atoms with Crippen LogP contribution in [-0.2, 0) is 4.74 Å². The number of nitrogens with two attached hydrogens (primary N) is 1. The molecule has 1 amide bonds. The second-order valence-corrected chi connectivity index (χ2v) is 4.67. The normalized spacial score (nSPS) is 14.9. The molecular weight excluding hydrogens is 206 g/mol. The first-order valence-corrected chi connectivity index (χ1v) is 5.77. The number of carbonyl (C=O) groups excluding carboxylic acids is 1. The molecule has 3 N–H and O–H groups in total. The third kappa shape index (κ3) is 4.51. The zero-order valence-electron chi connectivity index (χ0n) is 10.0. The zero-order valence-corrected chi connectivity index (χ0v) is 10.0. The van der Waals surface area contributed by atoms with Gasteiger partial charge in [0, 0.05) is 19.0 Å². The predicted molar refractivity (Wildman–Crippen MR) is 62.4 cm³/mol. The van der Waals surface area contributed by atoms with Gasteiger partial charge in [-0.25, -0.2) is 4.79 Å². The molecule has 1 rings (SSSR count). The number of hydrogen-bond acceptors (Lipinski definition) is 3. The molecule has 0 spiro atoms. The van der Waals surface area contributed by atoms with Crippen LogP contribution in [0.5, 0.6) is 0 Å². The first-order valence-electron chi connectivity index (χ1n) is 5.77. The Labute approximate surface area is 96.4 Å². The second-order valence-electron chi connectivity index (χ2n) is 4.67. The fraction of sp³-hybridized carbons (Fsp3) is 0.818. The number of hydrogen-bond donors (Lipinski definition) is 2. The van der Waals surface area contributed by atoms with Crippen LogP contribution in [0.4, 0.5) is 4.79 Å². The summed E-state index contributed by atoms with van der Waals surface area (Å²) in [6, 6.07) is 0.305. The maximum atomic E-state index is 11.7. The van der Waals surface area contributed by atoms with Crippen molar-refractivity contribution in [2.75, 3.05) is 13.2 Å². The number of amides is 1. The van der Waals surface area contributed by atoms with Crippen LogP contribution in [0.15, 0.2) is 0 Å². The molecule has 0 aromatic carbocycles. The van der Waals surface area contributed by atoms with Gasteiger partial charge in [0.1, 0.15) is 0 Å². The van der Waals surface area contributed by atoms with Crippen molar-refractivity contribution < 1.29 is 9.53 Å². The third-order valence-corrected chi connectivity index (χ3v) is 2.38. The molecule has 0 radical (unpaired) electrons. The van der Waals surface area contributed by atoms with Gasteiger partial charge in [0.05, 0.1) is 12.4 Å². The van der Waals surface area contributed by atoms with Gasteiger partial charge in [0.2, 0.25) is 0 Å². The van der Waals surface area contributed by atoms with Crippen LogP contribution in [0, 0.1) is 11.3 Å². The van der Waals surface area contributed by atoms with Crippen molar-refractivity contribution in [2.45, 2.75) is 39.2 Å². The number of amidine groups is 1. The summed E-state index contributed by atoms with van der Waals surface area (Å²) in [6.45, 7) is 4.95. The third-order valence-electron chi connectivity index (χ3n) is 2.38. The first-order chi connectivity index (χ1) is 7.50. The SMILES string of the molecule is CC(C)COC(=O)N(CCC(=N)N)C1CC1. The van der Waals surface area contributed by atoms with Crippen LogP contribution in [0.2, 0.25) is 0 Å². The van der Waals surface area contributed by atoms with E-state index in [4.69, 9.17) is 15.9 Å². The average molecular weight is 227 g/mol. The summed E-state index contributed by atoms with van der Waals surface area (Å²) < 4.78 is 5.17. The molecule has 92 valence electrons. The lowest BCUT2D eigenvalue weighted by Gasteiger charge is -2.22. The predicted octanol–water partition coefficient (Wildman–Crippen LogP) is 1.57. The van der Waals surface area contributed by atoms with E-state index in [1.165, 1.54) is 0 Å². The minimum Gasteiger partial charge on any atom is -0.449 e. The average Bonchev–Trinajstić information content (AvgIpc) is 2.98. The molecule has 0 unspecified atom stereocenters. The molecule has 1 fully saturated rings. The van der Waals surface area contributed by atoms with E-state index in [9.17, 15) is 4.79 Å². The van der Waals surface area contributed by atoms with Crippen molar-refractivity contribution in [3.05, 3.63) is 0 Å². The van der Waals surface area contributed by atoms with E-state index < -0.39 is 0 Å². The second kappa shape index (κ2) is 5.72. The molecule has 16 heavy (non-hydrogen) atoms. The molecule has 0 aromatic heterocycles. The maximum Gasteiger partial charge on any atom is 0.410 e. The molecule has 0 saturated heterocycles. The molecule has 5 nitrogen and oxygen atoms in total. The molecule has 1 aliphatic rings. The van der Waals surface area contributed by atoms with Crippen LogP contribution in [0.1, 0.15) is 33.1 Å². The lowest BCUT2D eigenvalue weighted by atomic mass is 10.2. The summed E-state index contributed by atoms with van der Waals surface area (Å²) in [7, 11) is 0. The van der Waals surface area contributed by atoms with Crippen LogP contribution in [0.25, 0.3) is 0 Å². The molecule has 0 atom stereocenters. The minimum absolute atomic E-state index is 0.113. The van der Waals surface area contributed by atoms with E-state index in [0.29, 0.717) is 31.5 Å². The first kappa shape index (κ1) is 12.8. The number of ether oxygens (including phenoxy) is 1. The summed E-state index contributed by atoms with van der Waals surface area (Å²) >= 11 is 0. The maximum absolute atomic E-state index is 11.7. The van der Waals surface area contributed by atoms with E-state index in [1.54, 1.807) is 4.90 Å². The van der Waals surface area contributed by atoms with Gasteiger partial charge in [-0.15, -0.1) is 0 Å². The van der Waals surface area contributed by atoms with Crippen LogP contribution in [-0.4, -0.2) is 36.0 Å². The van der Waals surface area contributed by atoms with Gasteiger partial charge in [0.25, 0.3) is 0 Å². The Morgan fingerprint density at radius 2 is 2.19 bits per heavy atom. The van der Waals surface area contributed by atoms with Crippen molar-refractivity contribution in [3.63, 3.8) is 0 Å². The van der Waals surface area contributed by atoms with Gasteiger partial charge >= 0.3 is 6.09 Å². The Bertz CT molecular complexity index is 262. The molecule has 1 aliphatic carbocycles. The molecule has 0 aliphatic heterocycles. The quantitative estimate of drug-likeness (QED) is 0.534. The molecule has 0 heterocycles. The fourth-order valence-corrected chi connectivity index (χ4v) is 1.37. The number of rotatable bonds is 6. The van der Waals surface area contributed by atoms with E-state index in [-0.39, 0.29) is 11.9 Å². The van der Waals surface area contributed by atoms with E-state index in [0.717, 1.165) is 12.8 Å². The van der Waals surface area contributed by atoms with Gasteiger partial charge in [-0.3, -0.25) is 5.41 Å². The van der Waals surface area contributed by atoms with Gasteiger partial charge in [-0.2, -0.15) is 0 Å². The Hall–Kier alpha value is -1.26. The fourth-order valence-electron chi connectivity index (χ4n) is 1.37. The minimum atomic E-state index is -0.266.